The Bertz CT molecular complexity index is 245. The summed E-state index contributed by atoms with van der Waals surface area (Å²) in [7, 11) is 0. The molecule has 0 fully saturated rings. The monoisotopic (exact) mass is 255 g/mol. The molecule has 5 N–H and O–H groups in total. The molecule has 0 aliphatic carbocycles. The number of alkyl halides is 3. The van der Waals surface area contributed by atoms with Gasteiger partial charge in [0.15, 0.2) is 5.54 Å². The molecule has 0 radical (unpaired) electrons. The normalized spacial score (nSPS) is 15.4. The molecule has 1 unspecified atom stereocenters. The molecule has 0 rings (SSSR count). The Morgan fingerprint density at radius 1 is 1.29 bits per heavy atom. The molecular weight excluding hydrogens is 235 g/mol. The minimum Gasteiger partial charge on any atom is -0.354 e. The Balaban J connectivity index is 4.62. The second-order valence-corrected chi connectivity index (χ2v) is 3.97. The summed E-state index contributed by atoms with van der Waals surface area (Å²) in [5, 5.41) is 2.21. The predicted octanol–water partition coefficient (Wildman–Crippen LogP) is 0.901. The van der Waals surface area contributed by atoms with Gasteiger partial charge in [-0.3, -0.25) is 4.79 Å². The van der Waals surface area contributed by atoms with Gasteiger partial charge < -0.3 is 16.8 Å². The fourth-order valence-corrected chi connectivity index (χ4v) is 1.30. The van der Waals surface area contributed by atoms with Crippen molar-refractivity contribution in [1.29, 1.82) is 0 Å². The highest BCUT2D eigenvalue weighted by Gasteiger charge is 2.56. The van der Waals surface area contributed by atoms with Crippen LogP contribution in [0.25, 0.3) is 0 Å². The van der Waals surface area contributed by atoms with Crippen molar-refractivity contribution >= 4 is 5.91 Å². The van der Waals surface area contributed by atoms with Gasteiger partial charge in [0.1, 0.15) is 0 Å². The van der Waals surface area contributed by atoms with Crippen LogP contribution < -0.4 is 16.8 Å². The number of hydrogen-bond donors (Lipinski definition) is 3. The number of rotatable bonds is 7. The van der Waals surface area contributed by atoms with Gasteiger partial charge in [-0.25, -0.2) is 0 Å². The maximum absolute atomic E-state index is 12.8. The predicted molar refractivity (Wildman–Crippen MR) is 59.2 cm³/mol. The average molecular weight is 255 g/mol. The molecule has 0 spiro atoms. The van der Waals surface area contributed by atoms with E-state index in [1.54, 1.807) is 0 Å². The van der Waals surface area contributed by atoms with Crippen LogP contribution in [-0.4, -0.2) is 30.7 Å². The molecule has 102 valence electrons. The second-order valence-electron chi connectivity index (χ2n) is 3.97. The van der Waals surface area contributed by atoms with E-state index < -0.39 is 24.0 Å². The van der Waals surface area contributed by atoms with Gasteiger partial charge in [-0.05, 0) is 25.8 Å². The molecule has 17 heavy (non-hydrogen) atoms. The quantitative estimate of drug-likeness (QED) is 0.591. The molecule has 0 aliphatic heterocycles. The summed E-state index contributed by atoms with van der Waals surface area (Å²) in [4.78, 5) is 11.5. The third-order valence-electron chi connectivity index (χ3n) is 2.50. The number of halogens is 3. The molecule has 1 atom stereocenters. The van der Waals surface area contributed by atoms with Gasteiger partial charge in [0.25, 0.3) is 0 Å². The van der Waals surface area contributed by atoms with Crippen molar-refractivity contribution in [3.63, 3.8) is 0 Å². The van der Waals surface area contributed by atoms with E-state index in [4.69, 9.17) is 11.5 Å². The SMILES string of the molecule is CCCCNC(=O)C(N)(CCCN)C(F)(F)F. The minimum absolute atomic E-state index is 0.0528. The number of carbonyl (C=O) groups is 1. The Morgan fingerprint density at radius 2 is 1.88 bits per heavy atom. The Hall–Kier alpha value is -0.820. The molecule has 0 aromatic carbocycles. The highest BCUT2D eigenvalue weighted by Crippen LogP contribution is 2.32. The lowest BCUT2D eigenvalue weighted by molar-refractivity contribution is -0.193. The van der Waals surface area contributed by atoms with Gasteiger partial charge in [-0.1, -0.05) is 13.3 Å². The summed E-state index contributed by atoms with van der Waals surface area (Å²) in [6, 6.07) is 0. The molecule has 0 aliphatic rings. The standard InChI is InChI=1S/C10H20F3N3O/c1-2-3-7-16-8(17)9(15,5-4-6-14)10(11,12)13/h2-7,14-15H2,1H3,(H,16,17). The van der Waals surface area contributed by atoms with Crippen molar-refractivity contribution in [3.8, 4) is 0 Å². The Labute approximate surface area is 98.9 Å². The zero-order chi connectivity index (χ0) is 13.5. The number of unbranched alkanes of at least 4 members (excludes halogenated alkanes) is 1. The van der Waals surface area contributed by atoms with Crippen LogP contribution in [0.4, 0.5) is 13.2 Å². The summed E-state index contributed by atoms with van der Waals surface area (Å²) in [6.07, 6.45) is -3.80. The number of nitrogens with two attached hydrogens (primary N) is 2. The van der Waals surface area contributed by atoms with E-state index in [0.29, 0.717) is 6.42 Å². The van der Waals surface area contributed by atoms with Gasteiger partial charge in [-0.15, -0.1) is 0 Å². The van der Waals surface area contributed by atoms with Gasteiger partial charge >= 0.3 is 6.18 Å². The molecule has 7 heteroatoms. The fourth-order valence-electron chi connectivity index (χ4n) is 1.30. The van der Waals surface area contributed by atoms with Crippen molar-refractivity contribution in [2.75, 3.05) is 13.1 Å². The van der Waals surface area contributed by atoms with Crippen LogP contribution in [-0.2, 0) is 4.79 Å². The lowest BCUT2D eigenvalue weighted by atomic mass is 9.92. The summed E-state index contributed by atoms with van der Waals surface area (Å²) < 4.78 is 38.3. The third kappa shape index (κ3) is 4.51. The first-order valence-electron chi connectivity index (χ1n) is 5.63. The zero-order valence-corrected chi connectivity index (χ0v) is 9.94. The van der Waals surface area contributed by atoms with E-state index in [0.717, 1.165) is 6.42 Å². The average Bonchev–Trinajstić information content (AvgIpc) is 2.24. The maximum atomic E-state index is 12.8. The van der Waals surface area contributed by atoms with E-state index in [-0.39, 0.29) is 19.5 Å². The van der Waals surface area contributed by atoms with Crippen molar-refractivity contribution in [1.82, 2.24) is 5.32 Å². The Morgan fingerprint density at radius 3 is 2.29 bits per heavy atom. The van der Waals surface area contributed by atoms with Crippen LogP contribution >= 0.6 is 0 Å². The van der Waals surface area contributed by atoms with Gasteiger partial charge in [0.05, 0.1) is 0 Å². The van der Waals surface area contributed by atoms with Gasteiger partial charge in [0.2, 0.25) is 5.91 Å². The maximum Gasteiger partial charge on any atom is 0.415 e. The van der Waals surface area contributed by atoms with Crippen LogP contribution in [0.15, 0.2) is 0 Å². The van der Waals surface area contributed by atoms with Crippen LogP contribution in [0, 0.1) is 0 Å². The van der Waals surface area contributed by atoms with Crippen molar-refractivity contribution in [3.05, 3.63) is 0 Å². The van der Waals surface area contributed by atoms with Gasteiger partial charge in [-0.2, -0.15) is 13.2 Å². The number of amides is 1. The van der Waals surface area contributed by atoms with E-state index in [1.165, 1.54) is 0 Å². The molecule has 1 amide bonds. The lowest BCUT2D eigenvalue weighted by Crippen LogP contribution is -2.63. The van der Waals surface area contributed by atoms with Crippen LogP contribution in [0.5, 0.6) is 0 Å². The second kappa shape index (κ2) is 6.80. The first-order valence-corrected chi connectivity index (χ1v) is 5.63. The van der Waals surface area contributed by atoms with E-state index in [1.807, 2.05) is 6.92 Å². The number of hydrogen-bond acceptors (Lipinski definition) is 3. The molecule has 4 nitrogen and oxygen atoms in total. The molecule has 0 saturated heterocycles. The van der Waals surface area contributed by atoms with E-state index >= 15 is 0 Å². The number of nitrogens with one attached hydrogen (secondary N) is 1. The van der Waals surface area contributed by atoms with E-state index in [2.05, 4.69) is 5.32 Å². The van der Waals surface area contributed by atoms with Crippen LogP contribution in [0.3, 0.4) is 0 Å². The minimum atomic E-state index is -4.77. The molecule has 0 saturated carbocycles. The lowest BCUT2D eigenvalue weighted by Gasteiger charge is -2.30. The summed E-state index contributed by atoms with van der Waals surface area (Å²) in [5.41, 5.74) is 7.51. The smallest absolute Gasteiger partial charge is 0.354 e. The third-order valence-corrected chi connectivity index (χ3v) is 2.50. The highest BCUT2D eigenvalue weighted by molar-refractivity contribution is 5.87. The van der Waals surface area contributed by atoms with Crippen LogP contribution in [0.1, 0.15) is 32.6 Å². The molecule has 0 bridgehead atoms. The van der Waals surface area contributed by atoms with Gasteiger partial charge in [0, 0.05) is 6.54 Å². The van der Waals surface area contributed by atoms with Crippen LogP contribution in [0.2, 0.25) is 0 Å². The molecule has 0 aromatic rings. The largest absolute Gasteiger partial charge is 0.415 e. The first-order chi connectivity index (χ1) is 7.79. The van der Waals surface area contributed by atoms with Crippen molar-refractivity contribution in [2.45, 2.75) is 44.3 Å². The molecule has 0 heterocycles. The molecule has 0 aromatic heterocycles. The Kier molecular flexibility index (Phi) is 6.48. The summed E-state index contributed by atoms with van der Waals surface area (Å²) in [6.45, 7) is 2.14. The summed E-state index contributed by atoms with van der Waals surface area (Å²) >= 11 is 0. The first kappa shape index (κ1) is 16.2. The fraction of sp³-hybridized carbons (Fsp3) is 0.900. The van der Waals surface area contributed by atoms with Crippen molar-refractivity contribution in [2.24, 2.45) is 11.5 Å². The van der Waals surface area contributed by atoms with Crippen molar-refractivity contribution < 1.29 is 18.0 Å². The zero-order valence-electron chi connectivity index (χ0n) is 9.94. The van der Waals surface area contributed by atoms with E-state index in [9.17, 15) is 18.0 Å². The topological polar surface area (TPSA) is 81.1 Å². The summed E-state index contributed by atoms with van der Waals surface area (Å²) in [5.74, 6) is -1.17. The number of carbonyl (C=O) groups excluding carboxylic acids is 1. The molecular formula is C10H20F3N3O. The highest BCUT2D eigenvalue weighted by atomic mass is 19.4.